The van der Waals surface area contributed by atoms with E-state index in [0.717, 1.165) is 30.7 Å². The van der Waals surface area contributed by atoms with Gasteiger partial charge in [0, 0.05) is 23.2 Å². The first-order valence-corrected chi connectivity index (χ1v) is 7.10. The molecule has 2 rings (SSSR count). The molecule has 0 aliphatic heterocycles. The summed E-state index contributed by atoms with van der Waals surface area (Å²) in [4.78, 5) is 0. The smallest absolute Gasteiger partial charge is 0.162 e. The predicted molar refractivity (Wildman–Crippen MR) is 79.9 cm³/mol. The van der Waals surface area contributed by atoms with Crippen LogP contribution in [0.1, 0.15) is 18.9 Å². The second-order valence-electron chi connectivity index (χ2n) is 4.57. The van der Waals surface area contributed by atoms with E-state index >= 15 is 0 Å². The van der Waals surface area contributed by atoms with Gasteiger partial charge in [-0.25, -0.2) is 8.78 Å². The van der Waals surface area contributed by atoms with Crippen molar-refractivity contribution < 1.29 is 13.5 Å². The standard InChI is InChI=1S/C16H16ClF2NO/c1-2-8-20-10-12-13(17)4-3-5-16(12)21-11-6-7-14(18)15(19)9-11/h3-7,9,20H,2,8,10H2,1H3. The normalized spacial score (nSPS) is 10.7. The highest BCUT2D eigenvalue weighted by Gasteiger charge is 2.10. The first kappa shape index (κ1) is 15.7. The molecule has 0 unspecified atom stereocenters. The van der Waals surface area contributed by atoms with Gasteiger partial charge >= 0.3 is 0 Å². The van der Waals surface area contributed by atoms with Crippen molar-refractivity contribution in [3.63, 3.8) is 0 Å². The Balaban J connectivity index is 2.22. The first-order chi connectivity index (χ1) is 10.1. The Bertz CT molecular complexity index is 619. The van der Waals surface area contributed by atoms with Gasteiger partial charge in [0.05, 0.1) is 0 Å². The van der Waals surface area contributed by atoms with E-state index in [1.807, 2.05) is 0 Å². The molecule has 0 atom stereocenters. The molecule has 0 aliphatic rings. The summed E-state index contributed by atoms with van der Waals surface area (Å²) in [5.41, 5.74) is 0.789. The third-order valence-corrected chi connectivity index (χ3v) is 3.28. The number of halogens is 3. The third kappa shape index (κ3) is 4.16. The molecule has 21 heavy (non-hydrogen) atoms. The number of ether oxygens (including phenoxy) is 1. The average Bonchev–Trinajstić information content (AvgIpc) is 2.46. The summed E-state index contributed by atoms with van der Waals surface area (Å²) >= 11 is 6.18. The molecule has 0 bridgehead atoms. The summed E-state index contributed by atoms with van der Waals surface area (Å²) in [6.45, 7) is 3.47. The fourth-order valence-corrected chi connectivity index (χ4v) is 2.10. The molecule has 2 aromatic carbocycles. The molecule has 0 fully saturated rings. The molecule has 0 heterocycles. The molecule has 112 valence electrons. The van der Waals surface area contributed by atoms with E-state index < -0.39 is 11.6 Å². The molecular formula is C16H16ClF2NO. The van der Waals surface area contributed by atoms with E-state index in [-0.39, 0.29) is 5.75 Å². The van der Waals surface area contributed by atoms with Crippen LogP contribution in [-0.2, 0) is 6.54 Å². The van der Waals surface area contributed by atoms with E-state index in [0.29, 0.717) is 17.3 Å². The van der Waals surface area contributed by atoms with Crippen LogP contribution in [0.4, 0.5) is 8.78 Å². The van der Waals surface area contributed by atoms with Crippen LogP contribution in [0.15, 0.2) is 36.4 Å². The summed E-state index contributed by atoms with van der Waals surface area (Å²) in [5, 5.41) is 3.81. The highest BCUT2D eigenvalue weighted by atomic mass is 35.5. The van der Waals surface area contributed by atoms with Gasteiger partial charge in [-0.05, 0) is 37.2 Å². The van der Waals surface area contributed by atoms with Gasteiger partial charge < -0.3 is 10.1 Å². The third-order valence-electron chi connectivity index (χ3n) is 2.92. The molecule has 2 aromatic rings. The lowest BCUT2D eigenvalue weighted by atomic mass is 10.2. The van der Waals surface area contributed by atoms with E-state index in [2.05, 4.69) is 12.2 Å². The largest absolute Gasteiger partial charge is 0.457 e. The molecule has 1 N–H and O–H groups in total. The molecule has 0 radical (unpaired) electrons. The van der Waals surface area contributed by atoms with Crippen molar-refractivity contribution in [2.75, 3.05) is 6.54 Å². The van der Waals surface area contributed by atoms with Gasteiger partial charge in [0.2, 0.25) is 0 Å². The van der Waals surface area contributed by atoms with Crippen LogP contribution in [-0.4, -0.2) is 6.54 Å². The van der Waals surface area contributed by atoms with Crippen LogP contribution >= 0.6 is 11.6 Å². The fourth-order valence-electron chi connectivity index (χ4n) is 1.86. The Morgan fingerprint density at radius 3 is 2.67 bits per heavy atom. The average molecular weight is 312 g/mol. The summed E-state index contributed by atoms with van der Waals surface area (Å²) in [6.07, 6.45) is 1.00. The summed E-state index contributed by atoms with van der Waals surface area (Å²) in [6, 6.07) is 8.69. The molecule has 0 saturated heterocycles. The Hall–Kier alpha value is -1.65. The second kappa shape index (κ2) is 7.38. The summed E-state index contributed by atoms with van der Waals surface area (Å²) in [7, 11) is 0. The Morgan fingerprint density at radius 1 is 1.14 bits per heavy atom. The maximum Gasteiger partial charge on any atom is 0.162 e. The van der Waals surface area contributed by atoms with Crippen LogP contribution in [0.25, 0.3) is 0 Å². The lowest BCUT2D eigenvalue weighted by molar-refractivity contribution is 0.455. The second-order valence-corrected chi connectivity index (χ2v) is 4.98. The molecule has 2 nitrogen and oxygen atoms in total. The molecule has 0 saturated carbocycles. The van der Waals surface area contributed by atoms with Crippen LogP contribution in [0, 0.1) is 11.6 Å². The number of nitrogens with one attached hydrogen (secondary N) is 1. The maximum atomic E-state index is 13.2. The number of rotatable bonds is 6. The van der Waals surface area contributed by atoms with Crippen molar-refractivity contribution in [1.29, 1.82) is 0 Å². The zero-order chi connectivity index (χ0) is 15.2. The van der Waals surface area contributed by atoms with E-state index in [9.17, 15) is 8.78 Å². The molecular weight excluding hydrogens is 296 g/mol. The Labute approximate surface area is 127 Å². The number of hydrogen-bond acceptors (Lipinski definition) is 2. The number of benzene rings is 2. The van der Waals surface area contributed by atoms with Crippen LogP contribution < -0.4 is 10.1 Å². The zero-order valence-corrected chi connectivity index (χ0v) is 12.4. The van der Waals surface area contributed by atoms with Crippen molar-refractivity contribution in [2.45, 2.75) is 19.9 Å². The SMILES string of the molecule is CCCNCc1c(Cl)cccc1Oc1ccc(F)c(F)c1. The Morgan fingerprint density at radius 2 is 1.95 bits per heavy atom. The predicted octanol–water partition coefficient (Wildman–Crippen LogP) is 4.91. The molecule has 0 amide bonds. The van der Waals surface area contributed by atoms with Crippen LogP contribution in [0.2, 0.25) is 5.02 Å². The van der Waals surface area contributed by atoms with Gasteiger partial charge in [-0.15, -0.1) is 0 Å². The van der Waals surface area contributed by atoms with E-state index in [1.165, 1.54) is 6.07 Å². The van der Waals surface area contributed by atoms with E-state index in [4.69, 9.17) is 16.3 Å². The maximum absolute atomic E-state index is 13.2. The molecule has 0 aliphatic carbocycles. The van der Waals surface area contributed by atoms with Gasteiger partial charge in [0.1, 0.15) is 11.5 Å². The molecule has 5 heteroatoms. The van der Waals surface area contributed by atoms with Crippen molar-refractivity contribution in [3.8, 4) is 11.5 Å². The first-order valence-electron chi connectivity index (χ1n) is 6.73. The minimum Gasteiger partial charge on any atom is -0.457 e. The van der Waals surface area contributed by atoms with Crippen molar-refractivity contribution in [3.05, 3.63) is 58.6 Å². The monoisotopic (exact) mass is 311 g/mol. The lowest BCUT2D eigenvalue weighted by Crippen LogP contribution is -2.14. The van der Waals surface area contributed by atoms with Crippen LogP contribution in [0.3, 0.4) is 0 Å². The Kier molecular flexibility index (Phi) is 5.53. The fraction of sp³-hybridized carbons (Fsp3) is 0.250. The van der Waals surface area contributed by atoms with Crippen molar-refractivity contribution in [2.24, 2.45) is 0 Å². The minimum absolute atomic E-state index is 0.230. The van der Waals surface area contributed by atoms with Gasteiger partial charge in [-0.1, -0.05) is 24.6 Å². The topological polar surface area (TPSA) is 21.3 Å². The number of hydrogen-bond donors (Lipinski definition) is 1. The quantitative estimate of drug-likeness (QED) is 0.765. The van der Waals surface area contributed by atoms with Gasteiger partial charge in [0.15, 0.2) is 11.6 Å². The van der Waals surface area contributed by atoms with E-state index in [1.54, 1.807) is 18.2 Å². The van der Waals surface area contributed by atoms with Crippen LogP contribution in [0.5, 0.6) is 11.5 Å². The summed E-state index contributed by atoms with van der Waals surface area (Å²) < 4.78 is 31.8. The minimum atomic E-state index is -0.944. The van der Waals surface area contributed by atoms with Crippen molar-refractivity contribution in [1.82, 2.24) is 5.32 Å². The summed E-state index contributed by atoms with van der Waals surface area (Å²) in [5.74, 6) is -1.09. The van der Waals surface area contributed by atoms with Gasteiger partial charge in [-0.3, -0.25) is 0 Å². The molecule has 0 spiro atoms. The highest BCUT2D eigenvalue weighted by Crippen LogP contribution is 2.31. The molecule has 0 aromatic heterocycles. The zero-order valence-electron chi connectivity index (χ0n) is 11.6. The van der Waals surface area contributed by atoms with Gasteiger partial charge in [0.25, 0.3) is 0 Å². The lowest BCUT2D eigenvalue weighted by Gasteiger charge is -2.13. The van der Waals surface area contributed by atoms with Crippen molar-refractivity contribution >= 4 is 11.6 Å². The van der Waals surface area contributed by atoms with Gasteiger partial charge in [-0.2, -0.15) is 0 Å². The highest BCUT2D eigenvalue weighted by molar-refractivity contribution is 6.31.